The monoisotopic (exact) mass is 436 g/mol. The number of aryl methyl sites for hydroxylation is 1. The van der Waals surface area contributed by atoms with E-state index in [4.69, 9.17) is 0 Å². The molecule has 1 saturated carbocycles. The fraction of sp³-hybridized carbons (Fsp3) is 0.364. The maximum absolute atomic E-state index is 13.2. The van der Waals surface area contributed by atoms with Gasteiger partial charge in [0.2, 0.25) is 11.8 Å². The minimum Gasteiger partial charge on any atom is -0.312 e. The summed E-state index contributed by atoms with van der Waals surface area (Å²) in [5, 5.41) is 7.16. The van der Waals surface area contributed by atoms with Crippen LogP contribution in [0.4, 0.5) is 15.9 Å². The summed E-state index contributed by atoms with van der Waals surface area (Å²) >= 11 is 0. The lowest BCUT2D eigenvalue weighted by molar-refractivity contribution is -0.122. The molecule has 1 aromatic heterocycles. The molecule has 2 aliphatic heterocycles. The predicted molar refractivity (Wildman–Crippen MR) is 115 cm³/mol. The Balaban J connectivity index is 1.34. The first-order valence-corrected chi connectivity index (χ1v) is 10.5. The number of hydrogen-bond donors (Lipinski definition) is 1. The van der Waals surface area contributed by atoms with Crippen molar-refractivity contribution in [1.82, 2.24) is 9.78 Å². The maximum atomic E-state index is 13.2. The van der Waals surface area contributed by atoms with Crippen molar-refractivity contribution in [1.29, 1.82) is 0 Å². The van der Waals surface area contributed by atoms with Gasteiger partial charge in [0.05, 0.1) is 17.5 Å². The third-order valence-electron chi connectivity index (χ3n) is 5.99. The number of nitrogens with zero attached hydrogens (tertiary/aromatic N) is 5. The van der Waals surface area contributed by atoms with Crippen LogP contribution in [0, 0.1) is 24.6 Å². The number of aliphatic imine (C=N–C) groups is 2. The number of amides is 3. The van der Waals surface area contributed by atoms with E-state index in [1.807, 2.05) is 0 Å². The second-order valence-corrected chi connectivity index (χ2v) is 8.25. The molecule has 3 amide bonds. The number of rotatable bonds is 3. The average molecular weight is 436 g/mol. The van der Waals surface area contributed by atoms with Gasteiger partial charge in [-0.1, -0.05) is 0 Å². The van der Waals surface area contributed by atoms with E-state index in [1.165, 1.54) is 33.8 Å². The third-order valence-corrected chi connectivity index (χ3v) is 5.99. The Morgan fingerprint density at radius 2 is 1.97 bits per heavy atom. The topological polar surface area (TPSA) is 109 Å². The average Bonchev–Trinajstić information content (AvgIpc) is 3.47. The van der Waals surface area contributed by atoms with Crippen molar-refractivity contribution in [2.45, 2.75) is 32.6 Å². The van der Waals surface area contributed by atoms with Gasteiger partial charge in [-0.15, -0.1) is 0 Å². The number of fused-ring (bicyclic) bond motifs is 1. The molecule has 164 valence electrons. The highest BCUT2D eigenvalue weighted by atomic mass is 19.1. The summed E-state index contributed by atoms with van der Waals surface area (Å²) in [4.78, 5) is 47.9. The van der Waals surface area contributed by atoms with Crippen LogP contribution in [0.3, 0.4) is 0 Å². The van der Waals surface area contributed by atoms with Crippen LogP contribution in [-0.2, 0) is 14.4 Å². The third kappa shape index (κ3) is 3.61. The van der Waals surface area contributed by atoms with Crippen LogP contribution in [0.5, 0.6) is 0 Å². The fourth-order valence-electron chi connectivity index (χ4n) is 4.38. The van der Waals surface area contributed by atoms with E-state index in [0.717, 1.165) is 25.0 Å². The van der Waals surface area contributed by atoms with Gasteiger partial charge in [-0.3, -0.25) is 14.4 Å². The minimum absolute atomic E-state index is 0.0414. The van der Waals surface area contributed by atoms with Crippen LogP contribution in [0.2, 0.25) is 0 Å². The number of carbonyl (C=O) groups is 3. The zero-order valence-electron chi connectivity index (χ0n) is 17.4. The van der Waals surface area contributed by atoms with Gasteiger partial charge in [0.25, 0.3) is 11.9 Å². The summed E-state index contributed by atoms with van der Waals surface area (Å²) in [6.45, 7) is 1.95. The molecule has 0 radical (unpaired) electrons. The standard InChI is InChI=1S/C22H21FN6O3/c1-12-9-18(29(27-12)22-24-17-4-2-3-16(17)21(32)26-22)25-20(31)13-10-19(30)28(11-13)15-7-5-14(23)6-8-15/h5-9,13,16H,2-4,10-11H2,1H3,(H,25,31). The highest BCUT2D eigenvalue weighted by Crippen LogP contribution is 2.29. The smallest absolute Gasteiger partial charge is 0.257 e. The Hall–Kier alpha value is -3.69. The van der Waals surface area contributed by atoms with Gasteiger partial charge in [-0.25, -0.2) is 9.38 Å². The molecular weight excluding hydrogens is 415 g/mol. The predicted octanol–water partition coefficient (Wildman–Crippen LogP) is 2.31. The van der Waals surface area contributed by atoms with E-state index >= 15 is 0 Å². The Morgan fingerprint density at radius 3 is 2.75 bits per heavy atom. The quantitative estimate of drug-likeness (QED) is 0.796. The molecule has 1 aromatic carbocycles. The first-order valence-electron chi connectivity index (χ1n) is 10.5. The number of anilines is 2. The van der Waals surface area contributed by atoms with Gasteiger partial charge in [0, 0.05) is 30.4 Å². The van der Waals surface area contributed by atoms with Crippen molar-refractivity contribution >= 4 is 40.9 Å². The minimum atomic E-state index is -0.586. The van der Waals surface area contributed by atoms with E-state index in [2.05, 4.69) is 20.4 Å². The number of halogens is 1. The summed E-state index contributed by atoms with van der Waals surface area (Å²) in [6, 6.07) is 7.25. The molecule has 5 rings (SSSR count). The van der Waals surface area contributed by atoms with Gasteiger partial charge in [-0.2, -0.15) is 14.8 Å². The highest BCUT2D eigenvalue weighted by Gasteiger charge is 2.36. The summed E-state index contributed by atoms with van der Waals surface area (Å²) in [7, 11) is 0. The molecule has 9 nitrogen and oxygen atoms in total. The second kappa shape index (κ2) is 7.77. The summed E-state index contributed by atoms with van der Waals surface area (Å²) in [6.07, 6.45) is 2.46. The lowest BCUT2D eigenvalue weighted by atomic mass is 10.1. The molecular formula is C22H21FN6O3. The van der Waals surface area contributed by atoms with Crippen LogP contribution >= 0.6 is 0 Å². The number of carbonyl (C=O) groups excluding carboxylic acids is 3. The molecule has 2 fully saturated rings. The summed E-state index contributed by atoms with van der Waals surface area (Å²) < 4.78 is 14.6. The van der Waals surface area contributed by atoms with Gasteiger partial charge >= 0.3 is 0 Å². The van der Waals surface area contributed by atoms with Crippen LogP contribution < -0.4 is 10.2 Å². The molecule has 1 N–H and O–H groups in total. The first kappa shape index (κ1) is 20.2. The highest BCUT2D eigenvalue weighted by molar-refractivity contribution is 6.17. The molecule has 0 spiro atoms. The number of aromatic nitrogens is 2. The summed E-state index contributed by atoms with van der Waals surface area (Å²) in [5.41, 5.74) is 1.98. The normalized spacial score (nSPS) is 22.6. The zero-order chi connectivity index (χ0) is 22.4. The van der Waals surface area contributed by atoms with Crippen molar-refractivity contribution in [2.75, 3.05) is 16.8 Å². The van der Waals surface area contributed by atoms with Crippen molar-refractivity contribution in [3.05, 3.63) is 41.8 Å². The Bertz CT molecular complexity index is 1180. The molecule has 2 unspecified atom stereocenters. The molecule has 32 heavy (non-hydrogen) atoms. The number of benzene rings is 1. The largest absolute Gasteiger partial charge is 0.312 e. The molecule has 1 aliphatic carbocycles. The van der Waals surface area contributed by atoms with Gasteiger partial charge in [0.1, 0.15) is 11.6 Å². The van der Waals surface area contributed by atoms with Crippen LogP contribution in [0.25, 0.3) is 0 Å². The molecule has 3 heterocycles. The molecule has 1 saturated heterocycles. The first-order chi connectivity index (χ1) is 15.4. The van der Waals surface area contributed by atoms with E-state index in [0.29, 0.717) is 17.2 Å². The van der Waals surface area contributed by atoms with E-state index < -0.39 is 11.7 Å². The molecule has 3 aliphatic rings. The van der Waals surface area contributed by atoms with Crippen LogP contribution in [0.15, 0.2) is 40.3 Å². The van der Waals surface area contributed by atoms with Crippen LogP contribution in [-0.4, -0.2) is 45.7 Å². The molecule has 10 heteroatoms. The maximum Gasteiger partial charge on any atom is 0.257 e. The van der Waals surface area contributed by atoms with Gasteiger partial charge < -0.3 is 10.2 Å². The summed E-state index contributed by atoms with van der Waals surface area (Å²) in [5.74, 6) is -1.53. The van der Waals surface area contributed by atoms with Crippen molar-refractivity contribution in [3.63, 3.8) is 0 Å². The van der Waals surface area contributed by atoms with E-state index in [-0.39, 0.29) is 42.6 Å². The Kier molecular flexibility index (Phi) is 4.91. The van der Waals surface area contributed by atoms with E-state index in [1.54, 1.807) is 13.0 Å². The zero-order valence-corrected chi connectivity index (χ0v) is 17.4. The SMILES string of the molecule is Cc1cc(NC(=O)C2CC(=O)N(c3ccc(F)cc3)C2)n(C2=NC(=O)C3CCCC3=N2)n1. The second-order valence-electron chi connectivity index (χ2n) is 8.25. The van der Waals surface area contributed by atoms with E-state index in [9.17, 15) is 18.8 Å². The van der Waals surface area contributed by atoms with Crippen molar-refractivity contribution < 1.29 is 18.8 Å². The molecule has 2 atom stereocenters. The number of hydrogen-bond acceptors (Lipinski definition) is 5. The Morgan fingerprint density at radius 1 is 1.19 bits per heavy atom. The fourth-order valence-corrected chi connectivity index (χ4v) is 4.38. The van der Waals surface area contributed by atoms with Crippen LogP contribution in [0.1, 0.15) is 31.4 Å². The lowest BCUT2D eigenvalue weighted by Gasteiger charge is -2.17. The lowest BCUT2D eigenvalue weighted by Crippen LogP contribution is -2.31. The van der Waals surface area contributed by atoms with Gasteiger partial charge in [-0.05, 0) is 50.5 Å². The molecule has 0 bridgehead atoms. The Labute approximate surface area is 183 Å². The van der Waals surface area contributed by atoms with Gasteiger partial charge in [0.15, 0.2) is 0 Å². The number of nitrogens with one attached hydrogen (secondary N) is 1. The molecule has 2 aromatic rings. The van der Waals surface area contributed by atoms with Crippen molar-refractivity contribution in [2.24, 2.45) is 21.8 Å². The van der Waals surface area contributed by atoms with Crippen molar-refractivity contribution in [3.8, 4) is 0 Å².